The summed E-state index contributed by atoms with van der Waals surface area (Å²) in [5.74, 6) is 0. The Kier molecular flexibility index (Phi) is 2.70. The van der Waals surface area contributed by atoms with E-state index in [1.54, 1.807) is 6.26 Å². The predicted molar refractivity (Wildman–Crippen MR) is 52.6 cm³/mol. The maximum atomic E-state index is 12.4. The Bertz CT molecular complexity index is 538. The van der Waals surface area contributed by atoms with Gasteiger partial charge in [0.05, 0.1) is 0 Å². The monoisotopic (exact) mass is 268 g/mol. The van der Waals surface area contributed by atoms with Gasteiger partial charge in [-0.3, -0.25) is 0 Å². The molecule has 2 rings (SSSR count). The van der Waals surface area contributed by atoms with Crippen molar-refractivity contribution in [2.24, 2.45) is 0 Å². The predicted octanol–water partition coefficient (Wildman–Crippen LogP) is 2.52. The minimum atomic E-state index is -4.52. The van der Waals surface area contributed by atoms with Crippen molar-refractivity contribution in [1.82, 2.24) is 19.6 Å². The van der Waals surface area contributed by atoms with Crippen LogP contribution in [-0.4, -0.2) is 25.8 Å². The van der Waals surface area contributed by atoms with E-state index in [4.69, 9.17) is 11.6 Å². The zero-order valence-electron chi connectivity index (χ0n) is 7.79. The molecular weight excluding hydrogens is 265 g/mol. The highest BCUT2D eigenvalue weighted by Gasteiger charge is 2.34. The van der Waals surface area contributed by atoms with Gasteiger partial charge in [-0.1, -0.05) is 11.8 Å². The van der Waals surface area contributed by atoms with Gasteiger partial charge in [-0.2, -0.15) is 27.8 Å². The summed E-state index contributed by atoms with van der Waals surface area (Å²) in [6.07, 6.45) is -2.82. The minimum absolute atomic E-state index is 0.0247. The molecule has 0 spiro atoms. The molecule has 0 saturated heterocycles. The molecule has 0 saturated carbocycles. The first-order chi connectivity index (χ1) is 7.41. The van der Waals surface area contributed by atoms with E-state index in [0.29, 0.717) is 5.16 Å². The summed E-state index contributed by atoms with van der Waals surface area (Å²) >= 11 is 6.86. The standard InChI is InChI=1S/C7H4ClF3N4S/c1-16-6-12-4-2-3(7(9,10)11)14-15(4)5(8)13-6/h2H,1H3. The van der Waals surface area contributed by atoms with Crippen molar-refractivity contribution in [3.05, 3.63) is 17.0 Å². The van der Waals surface area contributed by atoms with Gasteiger partial charge in [0.2, 0.25) is 5.28 Å². The van der Waals surface area contributed by atoms with Crippen molar-refractivity contribution >= 4 is 29.0 Å². The molecule has 0 fully saturated rings. The fourth-order valence-electron chi connectivity index (χ4n) is 1.07. The van der Waals surface area contributed by atoms with Gasteiger partial charge in [0.15, 0.2) is 16.5 Å². The lowest BCUT2D eigenvalue weighted by molar-refractivity contribution is -0.141. The second-order valence-electron chi connectivity index (χ2n) is 2.78. The largest absolute Gasteiger partial charge is 0.435 e. The van der Waals surface area contributed by atoms with E-state index in [2.05, 4.69) is 15.1 Å². The van der Waals surface area contributed by atoms with E-state index < -0.39 is 11.9 Å². The maximum Gasteiger partial charge on any atom is 0.435 e. The third-order valence-corrected chi connectivity index (χ3v) is 2.53. The van der Waals surface area contributed by atoms with Crippen LogP contribution in [0.1, 0.15) is 5.69 Å². The van der Waals surface area contributed by atoms with Crippen LogP contribution < -0.4 is 0 Å². The van der Waals surface area contributed by atoms with Crippen molar-refractivity contribution in [2.45, 2.75) is 11.3 Å². The number of hydrogen-bond acceptors (Lipinski definition) is 4. The summed E-state index contributed by atoms with van der Waals surface area (Å²) in [7, 11) is 0. The quantitative estimate of drug-likeness (QED) is 0.746. The number of rotatable bonds is 1. The number of aromatic nitrogens is 4. The molecule has 2 heterocycles. The first-order valence-corrected chi connectivity index (χ1v) is 5.56. The van der Waals surface area contributed by atoms with Gasteiger partial charge in [-0.05, 0) is 17.9 Å². The van der Waals surface area contributed by atoms with E-state index in [0.717, 1.165) is 10.6 Å². The molecule has 86 valence electrons. The van der Waals surface area contributed by atoms with E-state index >= 15 is 0 Å². The SMILES string of the molecule is CSc1nc(Cl)n2nc(C(F)(F)F)cc2n1. The minimum Gasteiger partial charge on any atom is -0.203 e. The van der Waals surface area contributed by atoms with Crippen LogP contribution in [-0.2, 0) is 6.18 Å². The highest BCUT2D eigenvalue weighted by Crippen LogP contribution is 2.29. The smallest absolute Gasteiger partial charge is 0.203 e. The van der Waals surface area contributed by atoms with Crippen molar-refractivity contribution in [2.75, 3.05) is 6.26 Å². The number of halogens is 4. The summed E-state index contributed by atoms with van der Waals surface area (Å²) < 4.78 is 38.0. The molecule has 0 amide bonds. The molecule has 4 nitrogen and oxygen atoms in total. The lowest BCUT2D eigenvalue weighted by Gasteiger charge is -1.99. The van der Waals surface area contributed by atoms with Crippen LogP contribution in [0, 0.1) is 0 Å². The third-order valence-electron chi connectivity index (χ3n) is 1.74. The molecule has 0 unspecified atom stereocenters. The Balaban J connectivity index is 2.66. The van der Waals surface area contributed by atoms with E-state index in [-0.39, 0.29) is 10.9 Å². The molecule has 0 aliphatic rings. The molecule has 2 aromatic heterocycles. The lowest BCUT2D eigenvalue weighted by Crippen LogP contribution is -2.06. The fraction of sp³-hybridized carbons (Fsp3) is 0.286. The molecule has 0 atom stereocenters. The van der Waals surface area contributed by atoms with Crippen molar-refractivity contribution < 1.29 is 13.2 Å². The van der Waals surface area contributed by atoms with Gasteiger partial charge < -0.3 is 0 Å². The second-order valence-corrected chi connectivity index (χ2v) is 3.89. The number of fused-ring (bicyclic) bond motifs is 1. The summed E-state index contributed by atoms with van der Waals surface area (Å²) in [5, 5.41) is 3.43. The average molecular weight is 269 g/mol. The number of nitrogens with zero attached hydrogens (tertiary/aromatic N) is 4. The van der Waals surface area contributed by atoms with E-state index in [1.165, 1.54) is 11.8 Å². The molecule has 0 aromatic carbocycles. The number of alkyl halides is 3. The van der Waals surface area contributed by atoms with Crippen LogP contribution in [0.4, 0.5) is 13.2 Å². The van der Waals surface area contributed by atoms with Crippen LogP contribution >= 0.6 is 23.4 Å². The summed E-state index contributed by atoms with van der Waals surface area (Å²) in [6.45, 7) is 0. The molecule has 0 aliphatic carbocycles. The van der Waals surface area contributed by atoms with Crippen LogP contribution in [0.2, 0.25) is 5.28 Å². The van der Waals surface area contributed by atoms with Crippen molar-refractivity contribution in [1.29, 1.82) is 0 Å². The zero-order chi connectivity index (χ0) is 11.9. The third kappa shape index (κ3) is 1.94. The van der Waals surface area contributed by atoms with Gasteiger partial charge >= 0.3 is 6.18 Å². The first kappa shape index (κ1) is 11.5. The Hall–Kier alpha value is -1.02. The number of hydrogen-bond donors (Lipinski definition) is 0. The maximum absolute atomic E-state index is 12.4. The molecule has 16 heavy (non-hydrogen) atoms. The Morgan fingerprint density at radius 3 is 2.62 bits per heavy atom. The molecule has 9 heteroatoms. The first-order valence-electron chi connectivity index (χ1n) is 3.96. The molecular formula is C7H4ClF3N4S. The topological polar surface area (TPSA) is 43.1 Å². The Labute approximate surface area is 96.8 Å². The van der Waals surface area contributed by atoms with Crippen LogP contribution in [0.15, 0.2) is 11.2 Å². The average Bonchev–Trinajstić information content (AvgIpc) is 2.61. The summed E-state index contributed by atoms with van der Waals surface area (Å²) in [5.41, 5.74) is -1.02. The second kappa shape index (κ2) is 3.77. The molecule has 0 radical (unpaired) electrons. The fourth-order valence-corrected chi connectivity index (χ4v) is 1.68. The van der Waals surface area contributed by atoms with Gasteiger partial charge in [0.25, 0.3) is 0 Å². The van der Waals surface area contributed by atoms with E-state index in [9.17, 15) is 13.2 Å². The van der Waals surface area contributed by atoms with Crippen LogP contribution in [0.25, 0.3) is 5.65 Å². The Morgan fingerprint density at radius 1 is 1.38 bits per heavy atom. The lowest BCUT2D eigenvalue weighted by atomic mass is 10.4. The normalized spacial score (nSPS) is 12.3. The summed E-state index contributed by atoms with van der Waals surface area (Å²) in [6, 6.07) is 0.827. The molecule has 0 aliphatic heterocycles. The van der Waals surface area contributed by atoms with Crippen LogP contribution in [0.3, 0.4) is 0 Å². The Morgan fingerprint density at radius 2 is 2.06 bits per heavy atom. The van der Waals surface area contributed by atoms with Crippen molar-refractivity contribution in [3.8, 4) is 0 Å². The zero-order valence-corrected chi connectivity index (χ0v) is 9.36. The van der Waals surface area contributed by atoms with Gasteiger partial charge in [-0.15, -0.1) is 0 Å². The highest BCUT2D eigenvalue weighted by atomic mass is 35.5. The highest BCUT2D eigenvalue weighted by molar-refractivity contribution is 7.98. The van der Waals surface area contributed by atoms with Crippen molar-refractivity contribution in [3.63, 3.8) is 0 Å². The van der Waals surface area contributed by atoms with E-state index in [1.807, 2.05) is 0 Å². The van der Waals surface area contributed by atoms with Gasteiger partial charge in [0.1, 0.15) is 0 Å². The number of thioether (sulfide) groups is 1. The molecule has 0 bridgehead atoms. The van der Waals surface area contributed by atoms with Crippen LogP contribution in [0.5, 0.6) is 0 Å². The summed E-state index contributed by atoms with van der Waals surface area (Å²) in [4.78, 5) is 7.62. The van der Waals surface area contributed by atoms with Gasteiger partial charge in [0, 0.05) is 6.07 Å². The van der Waals surface area contributed by atoms with Gasteiger partial charge in [-0.25, -0.2) is 4.98 Å². The molecule has 2 aromatic rings. The molecule has 0 N–H and O–H groups in total.